The minimum atomic E-state index is -4.72. The molecule has 0 radical (unpaired) electrons. The molecule has 1 aromatic heterocycles. The molecule has 0 bridgehead atoms. The predicted octanol–water partition coefficient (Wildman–Crippen LogP) is 3.45. The molecule has 0 saturated carbocycles. The van der Waals surface area contributed by atoms with Gasteiger partial charge in [0, 0.05) is 6.42 Å². The highest BCUT2D eigenvalue weighted by molar-refractivity contribution is 7.13. The largest absolute Gasteiger partial charge is 0.477 e. The van der Waals surface area contributed by atoms with Crippen LogP contribution in [0.5, 0.6) is 0 Å². The maximum atomic E-state index is 12.5. The lowest BCUT2D eigenvalue weighted by molar-refractivity contribution is -0.141. The normalized spacial score (nSPS) is 12.8. The number of hydrogen-bond acceptors (Lipinski definition) is 3. The van der Waals surface area contributed by atoms with Gasteiger partial charge in [-0.05, 0) is 5.41 Å². The van der Waals surface area contributed by atoms with Gasteiger partial charge in [0.25, 0.3) is 0 Å². The standard InChI is InChI=1S/C10H12F3NO2S/c1-9(2,3)4-5-14-7(10(11,12)13)6(17-5)8(15)16/h4H2,1-3H3,(H,15,16). The molecular weight excluding hydrogens is 255 g/mol. The molecule has 0 aliphatic carbocycles. The van der Waals surface area contributed by atoms with Crippen molar-refractivity contribution in [3.05, 3.63) is 15.6 Å². The van der Waals surface area contributed by atoms with Crippen molar-refractivity contribution in [3.8, 4) is 0 Å². The van der Waals surface area contributed by atoms with Crippen LogP contribution in [0.3, 0.4) is 0 Å². The molecule has 0 spiro atoms. The van der Waals surface area contributed by atoms with Gasteiger partial charge in [0.15, 0.2) is 5.69 Å². The third kappa shape index (κ3) is 3.69. The first kappa shape index (κ1) is 14.0. The van der Waals surface area contributed by atoms with E-state index in [9.17, 15) is 18.0 Å². The molecule has 0 unspecified atom stereocenters. The van der Waals surface area contributed by atoms with Gasteiger partial charge < -0.3 is 5.11 Å². The van der Waals surface area contributed by atoms with Crippen molar-refractivity contribution in [2.45, 2.75) is 33.4 Å². The Balaban J connectivity index is 3.18. The highest BCUT2D eigenvalue weighted by atomic mass is 32.1. The van der Waals surface area contributed by atoms with Gasteiger partial charge in [0.2, 0.25) is 0 Å². The summed E-state index contributed by atoms with van der Waals surface area (Å²) in [5.74, 6) is -1.59. The number of alkyl halides is 3. The van der Waals surface area contributed by atoms with E-state index in [0.717, 1.165) is 0 Å². The van der Waals surface area contributed by atoms with E-state index in [1.54, 1.807) is 0 Å². The second kappa shape index (κ2) is 4.29. The van der Waals surface area contributed by atoms with Crippen molar-refractivity contribution < 1.29 is 23.1 Å². The summed E-state index contributed by atoms with van der Waals surface area (Å²) >= 11 is 0.591. The Morgan fingerprint density at radius 1 is 1.35 bits per heavy atom. The van der Waals surface area contributed by atoms with Gasteiger partial charge in [0.1, 0.15) is 4.88 Å². The number of halogens is 3. The van der Waals surface area contributed by atoms with E-state index in [1.165, 1.54) is 0 Å². The third-order valence-electron chi connectivity index (χ3n) is 1.82. The number of carbonyl (C=O) groups is 1. The summed E-state index contributed by atoms with van der Waals surface area (Å²) in [5, 5.41) is 8.91. The summed E-state index contributed by atoms with van der Waals surface area (Å²) in [7, 11) is 0. The number of aromatic nitrogens is 1. The van der Waals surface area contributed by atoms with Crippen LogP contribution >= 0.6 is 11.3 Å². The van der Waals surface area contributed by atoms with Crippen molar-refractivity contribution in [1.82, 2.24) is 4.98 Å². The number of hydrogen-bond donors (Lipinski definition) is 1. The first-order chi connectivity index (χ1) is 7.50. The molecule has 1 aromatic rings. The molecule has 0 fully saturated rings. The van der Waals surface area contributed by atoms with Crippen molar-refractivity contribution >= 4 is 17.3 Å². The first-order valence-electron chi connectivity index (χ1n) is 4.81. The van der Waals surface area contributed by atoms with Crippen molar-refractivity contribution in [2.75, 3.05) is 0 Å². The van der Waals surface area contributed by atoms with Crippen molar-refractivity contribution in [3.63, 3.8) is 0 Å². The number of aromatic carboxylic acids is 1. The van der Waals surface area contributed by atoms with Gasteiger partial charge in [-0.3, -0.25) is 0 Å². The molecule has 0 aliphatic rings. The maximum Gasteiger partial charge on any atom is 0.435 e. The summed E-state index contributed by atoms with van der Waals surface area (Å²) in [5.41, 5.74) is -1.54. The Labute approximate surface area is 100 Å². The Morgan fingerprint density at radius 3 is 2.18 bits per heavy atom. The molecule has 0 amide bonds. The minimum Gasteiger partial charge on any atom is -0.477 e. The average molecular weight is 267 g/mol. The topological polar surface area (TPSA) is 50.2 Å². The van der Waals surface area contributed by atoms with E-state index in [2.05, 4.69) is 4.98 Å². The van der Waals surface area contributed by atoms with Gasteiger partial charge in [0.05, 0.1) is 5.01 Å². The summed E-state index contributed by atoms with van der Waals surface area (Å²) < 4.78 is 37.6. The van der Waals surface area contributed by atoms with Gasteiger partial charge in [-0.25, -0.2) is 9.78 Å². The summed E-state index contributed by atoms with van der Waals surface area (Å²) in [6.45, 7) is 5.55. The quantitative estimate of drug-likeness (QED) is 0.892. The van der Waals surface area contributed by atoms with Crippen molar-refractivity contribution in [2.24, 2.45) is 5.41 Å². The smallest absolute Gasteiger partial charge is 0.435 e. The van der Waals surface area contributed by atoms with Crippen LogP contribution in [0, 0.1) is 5.41 Å². The fraction of sp³-hybridized carbons (Fsp3) is 0.600. The lowest BCUT2D eigenvalue weighted by Gasteiger charge is -2.15. The van der Waals surface area contributed by atoms with Crippen LogP contribution in [0.25, 0.3) is 0 Å². The van der Waals surface area contributed by atoms with Crippen LogP contribution in [-0.4, -0.2) is 16.1 Å². The molecule has 0 aliphatic heterocycles. The molecular formula is C10H12F3NO2S. The number of carboxylic acids is 1. The van der Waals surface area contributed by atoms with Gasteiger partial charge in [-0.2, -0.15) is 13.2 Å². The Kier molecular flexibility index (Phi) is 3.52. The molecule has 1 heterocycles. The molecule has 0 saturated heterocycles. The Hall–Kier alpha value is -1.11. The first-order valence-corrected chi connectivity index (χ1v) is 5.62. The van der Waals surface area contributed by atoms with E-state index in [0.29, 0.717) is 17.8 Å². The molecule has 1 N–H and O–H groups in total. The van der Waals surface area contributed by atoms with Gasteiger partial charge in [-0.1, -0.05) is 20.8 Å². The zero-order valence-corrected chi connectivity index (χ0v) is 10.4. The Morgan fingerprint density at radius 2 is 1.88 bits per heavy atom. The monoisotopic (exact) mass is 267 g/mol. The van der Waals surface area contributed by atoms with E-state index < -0.39 is 22.7 Å². The van der Waals surface area contributed by atoms with Crippen LogP contribution in [0.2, 0.25) is 0 Å². The molecule has 3 nitrogen and oxygen atoms in total. The highest BCUT2D eigenvalue weighted by Crippen LogP contribution is 2.36. The maximum absolute atomic E-state index is 12.5. The van der Waals surface area contributed by atoms with Gasteiger partial charge in [-0.15, -0.1) is 11.3 Å². The molecule has 1 rings (SSSR count). The molecule has 17 heavy (non-hydrogen) atoms. The van der Waals surface area contributed by atoms with Crippen LogP contribution < -0.4 is 0 Å². The van der Waals surface area contributed by atoms with Crippen LogP contribution in [0.1, 0.15) is 41.1 Å². The minimum absolute atomic E-state index is 0.197. The van der Waals surface area contributed by atoms with E-state index in [1.807, 2.05) is 20.8 Å². The zero-order valence-electron chi connectivity index (χ0n) is 9.55. The fourth-order valence-corrected chi connectivity index (χ4v) is 2.45. The lowest BCUT2D eigenvalue weighted by Crippen LogP contribution is -2.12. The highest BCUT2D eigenvalue weighted by Gasteiger charge is 2.39. The summed E-state index contributed by atoms with van der Waals surface area (Å²) in [6, 6.07) is 0. The van der Waals surface area contributed by atoms with E-state index in [4.69, 9.17) is 5.11 Å². The van der Waals surface area contributed by atoms with Crippen LogP contribution in [0.4, 0.5) is 13.2 Å². The van der Waals surface area contributed by atoms with Crippen molar-refractivity contribution in [1.29, 1.82) is 0 Å². The second-order valence-electron chi connectivity index (χ2n) is 4.83. The molecule has 7 heteroatoms. The molecule has 0 aromatic carbocycles. The Bertz CT molecular complexity index is 432. The zero-order chi connectivity index (χ0) is 13.4. The third-order valence-corrected chi connectivity index (χ3v) is 2.86. The lowest BCUT2D eigenvalue weighted by atomic mass is 9.93. The molecule has 0 atom stereocenters. The van der Waals surface area contributed by atoms with E-state index >= 15 is 0 Å². The van der Waals surface area contributed by atoms with Crippen LogP contribution in [-0.2, 0) is 12.6 Å². The van der Waals surface area contributed by atoms with E-state index in [-0.39, 0.29) is 10.4 Å². The number of rotatable bonds is 2. The summed E-state index contributed by atoms with van der Waals surface area (Å²) in [4.78, 5) is 13.4. The van der Waals surface area contributed by atoms with Crippen LogP contribution in [0.15, 0.2) is 0 Å². The number of thiazole rings is 1. The number of nitrogens with zero attached hydrogens (tertiary/aromatic N) is 1. The number of carboxylic acid groups (broad SMARTS) is 1. The fourth-order valence-electron chi connectivity index (χ4n) is 1.23. The summed E-state index contributed by atoms with van der Waals surface area (Å²) in [6.07, 6.45) is -4.41. The van der Waals surface area contributed by atoms with Gasteiger partial charge >= 0.3 is 12.1 Å². The molecule has 96 valence electrons. The second-order valence-corrected chi connectivity index (χ2v) is 5.91. The average Bonchev–Trinajstić information content (AvgIpc) is 2.43. The predicted molar refractivity (Wildman–Crippen MR) is 57.2 cm³/mol. The SMILES string of the molecule is CC(C)(C)Cc1nc(C(F)(F)F)c(C(=O)O)s1.